The van der Waals surface area contributed by atoms with Crippen molar-refractivity contribution >= 4 is 17.9 Å². The van der Waals surface area contributed by atoms with E-state index in [4.69, 9.17) is 14.2 Å². The van der Waals surface area contributed by atoms with Crippen molar-refractivity contribution in [2.24, 2.45) is 0 Å². The summed E-state index contributed by atoms with van der Waals surface area (Å²) in [4.78, 5) is 37.1. The number of hydrogen-bond acceptors (Lipinski definition) is 6. The standard InChI is InChI=1S/C54H97NO7/c1-6-8-10-12-14-16-18-20-22-24-25-26-27-29-31-33-35-37-39-41-43-45-53(57)62-50(48-60-47-46-51(54(58)59)55(3,4)5)49-61-52(56)44-42-40-38-36-34-32-30-28-23-21-19-17-15-13-11-9-7-2/h21,23,26-27,30,32,36,38,50-51H,6-20,22,24-25,28-29,31,33-35,37,39-49H2,1-5H3/p+1/b23-21+,27-26+,32-30+,38-36+. The number of carboxylic acids is 1. The highest BCUT2D eigenvalue weighted by atomic mass is 16.6. The minimum atomic E-state index is -0.881. The number of likely N-dealkylation sites (N-methyl/N-ethyl adjacent to an activating group) is 1. The number of carbonyl (C=O) groups is 3. The van der Waals surface area contributed by atoms with Crippen LogP contribution in [0.15, 0.2) is 48.6 Å². The number of nitrogens with zero attached hydrogens (tertiary/aromatic N) is 1. The third kappa shape index (κ3) is 42.6. The molecule has 2 unspecified atom stereocenters. The predicted molar refractivity (Wildman–Crippen MR) is 261 cm³/mol. The fourth-order valence-corrected chi connectivity index (χ4v) is 7.46. The van der Waals surface area contributed by atoms with Crippen LogP contribution < -0.4 is 0 Å². The Morgan fingerprint density at radius 2 is 0.871 bits per heavy atom. The maximum atomic E-state index is 12.8. The van der Waals surface area contributed by atoms with Crippen LogP contribution in [0.4, 0.5) is 0 Å². The normalized spacial score (nSPS) is 13.2. The zero-order valence-corrected chi connectivity index (χ0v) is 41.1. The summed E-state index contributed by atoms with van der Waals surface area (Å²) < 4.78 is 17.3. The number of aliphatic carboxylic acids is 1. The Kier molecular flexibility index (Phi) is 42.9. The van der Waals surface area contributed by atoms with E-state index in [1.54, 1.807) is 0 Å². The molecule has 360 valence electrons. The van der Waals surface area contributed by atoms with Gasteiger partial charge in [0.2, 0.25) is 0 Å². The topological polar surface area (TPSA) is 99.1 Å². The van der Waals surface area contributed by atoms with Crippen molar-refractivity contribution in [2.45, 2.75) is 238 Å². The van der Waals surface area contributed by atoms with Crippen molar-refractivity contribution in [1.82, 2.24) is 0 Å². The number of quaternary nitrogens is 1. The monoisotopic (exact) mass is 873 g/mol. The quantitative estimate of drug-likeness (QED) is 0.0281. The van der Waals surface area contributed by atoms with E-state index < -0.39 is 18.1 Å². The summed E-state index contributed by atoms with van der Waals surface area (Å²) in [5.74, 6) is -1.53. The highest BCUT2D eigenvalue weighted by Crippen LogP contribution is 2.15. The number of hydrogen-bond donors (Lipinski definition) is 1. The summed E-state index contributed by atoms with van der Waals surface area (Å²) in [7, 11) is 5.52. The van der Waals surface area contributed by atoms with Gasteiger partial charge in [0.15, 0.2) is 12.1 Å². The summed E-state index contributed by atoms with van der Waals surface area (Å²) in [5, 5.41) is 9.65. The van der Waals surface area contributed by atoms with Crippen LogP contribution >= 0.6 is 0 Å². The third-order valence-electron chi connectivity index (χ3n) is 11.5. The molecule has 0 saturated heterocycles. The Balaban J connectivity index is 4.32. The number of esters is 2. The smallest absolute Gasteiger partial charge is 0.362 e. The van der Waals surface area contributed by atoms with Gasteiger partial charge < -0.3 is 23.8 Å². The summed E-state index contributed by atoms with van der Waals surface area (Å²) in [6.07, 6.45) is 54.6. The lowest BCUT2D eigenvalue weighted by molar-refractivity contribution is -0.887. The molecule has 0 rings (SSSR count). The molecule has 0 aliphatic heterocycles. The van der Waals surface area contributed by atoms with E-state index in [0.29, 0.717) is 19.3 Å². The lowest BCUT2D eigenvalue weighted by atomic mass is 10.1. The molecule has 0 radical (unpaired) electrons. The first-order valence-corrected chi connectivity index (χ1v) is 25.7. The van der Waals surface area contributed by atoms with Crippen molar-refractivity contribution in [2.75, 3.05) is 41.0 Å². The predicted octanol–water partition coefficient (Wildman–Crippen LogP) is 14.8. The molecular formula is C54H98NO7+. The second-order valence-electron chi connectivity index (χ2n) is 18.4. The molecule has 0 bridgehead atoms. The second-order valence-corrected chi connectivity index (χ2v) is 18.4. The lowest BCUT2D eigenvalue weighted by Gasteiger charge is -2.31. The Morgan fingerprint density at radius 3 is 1.32 bits per heavy atom. The zero-order chi connectivity index (χ0) is 45.6. The molecule has 0 fully saturated rings. The molecule has 0 amide bonds. The number of unbranched alkanes of at least 4 members (excludes halogenated alkanes) is 24. The number of carboxylic acid groups (broad SMARTS) is 1. The van der Waals surface area contributed by atoms with Crippen LogP contribution in [0.25, 0.3) is 0 Å². The summed E-state index contributed by atoms with van der Waals surface area (Å²) in [5.41, 5.74) is 0. The van der Waals surface area contributed by atoms with Crippen molar-refractivity contribution < 1.29 is 38.2 Å². The van der Waals surface area contributed by atoms with Gasteiger partial charge in [-0.3, -0.25) is 9.59 Å². The van der Waals surface area contributed by atoms with Crippen molar-refractivity contribution in [3.05, 3.63) is 48.6 Å². The van der Waals surface area contributed by atoms with E-state index in [1.165, 1.54) is 148 Å². The van der Waals surface area contributed by atoms with Crippen molar-refractivity contribution in [1.29, 1.82) is 0 Å². The van der Waals surface area contributed by atoms with Gasteiger partial charge in [-0.2, -0.15) is 0 Å². The molecule has 0 aromatic rings. The SMILES string of the molecule is CCCCCCCC/C=C/C/C=C/C/C=C/CCCC(=O)OCC(COCCC(C(=O)O)[N+](C)(C)C)OC(=O)CCCCCCCCC/C=C/CCCCCCCCCCCC. The van der Waals surface area contributed by atoms with Gasteiger partial charge in [0.25, 0.3) is 0 Å². The van der Waals surface area contributed by atoms with Gasteiger partial charge in [0, 0.05) is 19.3 Å². The van der Waals surface area contributed by atoms with Gasteiger partial charge in [0.1, 0.15) is 6.61 Å². The molecule has 0 aliphatic rings. The van der Waals surface area contributed by atoms with Gasteiger partial charge in [-0.1, -0.05) is 184 Å². The first kappa shape index (κ1) is 59.3. The Bertz CT molecular complexity index is 1150. The van der Waals surface area contributed by atoms with E-state index in [0.717, 1.165) is 38.5 Å². The van der Waals surface area contributed by atoms with E-state index >= 15 is 0 Å². The minimum Gasteiger partial charge on any atom is -0.477 e. The maximum absolute atomic E-state index is 12.8. The molecule has 1 N–H and O–H groups in total. The van der Waals surface area contributed by atoms with Crippen LogP contribution in [0.5, 0.6) is 0 Å². The highest BCUT2D eigenvalue weighted by Gasteiger charge is 2.31. The Labute approximate surface area is 382 Å². The van der Waals surface area contributed by atoms with Crippen LogP contribution in [-0.2, 0) is 28.6 Å². The number of allylic oxidation sites excluding steroid dienone is 8. The van der Waals surface area contributed by atoms with Gasteiger partial charge in [-0.15, -0.1) is 0 Å². The molecule has 0 heterocycles. The third-order valence-corrected chi connectivity index (χ3v) is 11.5. The van der Waals surface area contributed by atoms with Gasteiger partial charge >= 0.3 is 17.9 Å². The number of carbonyl (C=O) groups excluding carboxylic acids is 2. The van der Waals surface area contributed by atoms with Crippen molar-refractivity contribution in [3.63, 3.8) is 0 Å². The van der Waals surface area contributed by atoms with Gasteiger partial charge in [-0.25, -0.2) is 4.79 Å². The molecule has 0 aromatic carbocycles. The van der Waals surface area contributed by atoms with Crippen LogP contribution in [0.3, 0.4) is 0 Å². The Hall–Kier alpha value is -2.71. The molecule has 62 heavy (non-hydrogen) atoms. The maximum Gasteiger partial charge on any atom is 0.362 e. The van der Waals surface area contributed by atoms with Crippen molar-refractivity contribution in [3.8, 4) is 0 Å². The molecule has 0 spiro atoms. The van der Waals surface area contributed by atoms with E-state index in [-0.39, 0.29) is 42.7 Å². The fourth-order valence-electron chi connectivity index (χ4n) is 7.46. The van der Waals surface area contributed by atoms with E-state index in [9.17, 15) is 19.5 Å². The zero-order valence-electron chi connectivity index (χ0n) is 41.1. The molecule has 0 aliphatic carbocycles. The number of ether oxygens (including phenoxy) is 3. The molecule has 8 heteroatoms. The summed E-state index contributed by atoms with van der Waals surface area (Å²) >= 11 is 0. The van der Waals surface area contributed by atoms with Crippen LogP contribution in [0.1, 0.15) is 226 Å². The first-order valence-electron chi connectivity index (χ1n) is 25.7. The van der Waals surface area contributed by atoms with Gasteiger partial charge in [0.05, 0.1) is 34.4 Å². The summed E-state index contributed by atoms with van der Waals surface area (Å²) in [6.45, 7) is 4.69. The minimum absolute atomic E-state index is 0.0438. The molecular weight excluding hydrogens is 775 g/mol. The van der Waals surface area contributed by atoms with Gasteiger partial charge in [-0.05, 0) is 70.6 Å². The van der Waals surface area contributed by atoms with E-state index in [1.807, 2.05) is 21.1 Å². The average Bonchev–Trinajstić information content (AvgIpc) is 3.23. The fraction of sp³-hybridized carbons (Fsp3) is 0.796. The molecule has 0 aromatic heterocycles. The summed E-state index contributed by atoms with van der Waals surface area (Å²) in [6, 6.07) is -0.624. The highest BCUT2D eigenvalue weighted by molar-refractivity contribution is 5.72. The molecule has 8 nitrogen and oxygen atoms in total. The second kappa shape index (κ2) is 44.9. The Morgan fingerprint density at radius 1 is 0.484 bits per heavy atom. The van der Waals surface area contributed by atoms with Crippen LogP contribution in [0, 0.1) is 0 Å². The van der Waals surface area contributed by atoms with Crippen LogP contribution in [-0.4, -0.2) is 80.6 Å². The van der Waals surface area contributed by atoms with E-state index in [2.05, 4.69) is 62.5 Å². The largest absolute Gasteiger partial charge is 0.477 e. The lowest BCUT2D eigenvalue weighted by Crippen LogP contribution is -2.50. The number of rotatable bonds is 46. The average molecular weight is 873 g/mol. The first-order chi connectivity index (χ1) is 30.1. The van der Waals surface area contributed by atoms with Crippen LogP contribution in [0.2, 0.25) is 0 Å². The molecule has 2 atom stereocenters. The molecule has 0 saturated carbocycles.